The summed E-state index contributed by atoms with van der Waals surface area (Å²) in [5.74, 6) is 0.130. The normalized spacial score (nSPS) is 17.1. The first-order chi connectivity index (χ1) is 8.09. The third-order valence-electron chi connectivity index (χ3n) is 3.63. The summed E-state index contributed by atoms with van der Waals surface area (Å²) >= 11 is 3.40. The van der Waals surface area contributed by atoms with Crippen LogP contribution in [0.2, 0.25) is 0 Å². The van der Waals surface area contributed by atoms with Crippen LogP contribution in [-0.2, 0) is 7.05 Å². The van der Waals surface area contributed by atoms with Crippen molar-refractivity contribution in [1.29, 1.82) is 0 Å². The lowest BCUT2D eigenvalue weighted by molar-refractivity contribution is 0.0686. The highest BCUT2D eigenvalue weighted by Gasteiger charge is 2.24. The highest BCUT2D eigenvalue weighted by molar-refractivity contribution is 9.10. The molecule has 1 aliphatic carbocycles. The van der Waals surface area contributed by atoms with Gasteiger partial charge in [0.15, 0.2) is 0 Å². The topological polar surface area (TPSA) is 25.2 Å². The number of hydrogen-bond donors (Lipinski definition) is 0. The molecule has 0 spiro atoms. The molecule has 1 saturated carbocycles. The van der Waals surface area contributed by atoms with Gasteiger partial charge in [0, 0.05) is 30.8 Å². The molecule has 0 unspecified atom stereocenters. The summed E-state index contributed by atoms with van der Waals surface area (Å²) in [6.07, 6.45) is 8.02. The predicted molar refractivity (Wildman–Crippen MR) is 72.1 cm³/mol. The van der Waals surface area contributed by atoms with E-state index in [0.717, 1.165) is 23.0 Å². The number of carbonyl (C=O) groups is 1. The molecule has 1 aliphatic rings. The minimum atomic E-state index is 0.130. The van der Waals surface area contributed by atoms with E-state index in [1.807, 2.05) is 35.8 Å². The van der Waals surface area contributed by atoms with Gasteiger partial charge in [-0.25, -0.2) is 0 Å². The van der Waals surface area contributed by atoms with Gasteiger partial charge in [0.05, 0.1) is 0 Å². The van der Waals surface area contributed by atoms with E-state index in [1.54, 1.807) is 0 Å². The number of halogens is 1. The van der Waals surface area contributed by atoms with Crippen molar-refractivity contribution in [1.82, 2.24) is 9.47 Å². The summed E-state index contributed by atoms with van der Waals surface area (Å²) in [7, 11) is 3.84. The van der Waals surface area contributed by atoms with Crippen molar-refractivity contribution in [3.8, 4) is 0 Å². The Labute approximate surface area is 111 Å². The molecule has 0 atom stereocenters. The monoisotopic (exact) mass is 298 g/mol. The fourth-order valence-corrected chi connectivity index (χ4v) is 3.08. The number of aromatic nitrogens is 1. The maximum Gasteiger partial charge on any atom is 0.270 e. The highest BCUT2D eigenvalue weighted by Crippen LogP contribution is 2.23. The van der Waals surface area contributed by atoms with Gasteiger partial charge >= 0.3 is 0 Å². The largest absolute Gasteiger partial charge is 0.345 e. The molecule has 4 heteroatoms. The lowest BCUT2D eigenvalue weighted by Gasteiger charge is -2.31. The molecule has 94 valence electrons. The minimum absolute atomic E-state index is 0.130. The molecule has 3 nitrogen and oxygen atoms in total. The van der Waals surface area contributed by atoms with Crippen LogP contribution in [0.25, 0.3) is 0 Å². The Morgan fingerprint density at radius 1 is 1.41 bits per heavy atom. The second-order valence-corrected chi connectivity index (χ2v) is 5.78. The summed E-state index contributed by atoms with van der Waals surface area (Å²) in [5.41, 5.74) is 0.755. The maximum absolute atomic E-state index is 12.4. The van der Waals surface area contributed by atoms with Gasteiger partial charge in [-0.3, -0.25) is 4.79 Å². The van der Waals surface area contributed by atoms with Crippen LogP contribution in [0, 0.1) is 0 Å². The first-order valence-electron chi connectivity index (χ1n) is 6.18. The lowest BCUT2D eigenvalue weighted by atomic mass is 9.94. The fourth-order valence-electron chi connectivity index (χ4n) is 2.55. The Morgan fingerprint density at radius 2 is 2.06 bits per heavy atom. The van der Waals surface area contributed by atoms with Crippen LogP contribution in [0.4, 0.5) is 0 Å². The molecule has 1 heterocycles. The van der Waals surface area contributed by atoms with E-state index in [2.05, 4.69) is 15.9 Å². The van der Waals surface area contributed by atoms with E-state index in [9.17, 15) is 4.79 Å². The van der Waals surface area contributed by atoms with Crippen molar-refractivity contribution >= 4 is 21.8 Å². The van der Waals surface area contributed by atoms with E-state index < -0.39 is 0 Å². The van der Waals surface area contributed by atoms with Gasteiger partial charge in [0.2, 0.25) is 0 Å². The highest BCUT2D eigenvalue weighted by atomic mass is 79.9. The van der Waals surface area contributed by atoms with Crippen LogP contribution < -0.4 is 0 Å². The number of nitrogens with zero attached hydrogens (tertiary/aromatic N) is 2. The molecule has 0 aromatic carbocycles. The van der Waals surface area contributed by atoms with Gasteiger partial charge in [-0.1, -0.05) is 19.3 Å². The zero-order chi connectivity index (χ0) is 12.4. The predicted octanol–water partition coefficient (Wildman–Crippen LogP) is 3.19. The van der Waals surface area contributed by atoms with E-state index in [1.165, 1.54) is 19.3 Å². The Hall–Kier alpha value is -0.770. The van der Waals surface area contributed by atoms with Gasteiger partial charge in [-0.15, -0.1) is 0 Å². The Morgan fingerprint density at radius 3 is 2.59 bits per heavy atom. The second kappa shape index (κ2) is 5.25. The average molecular weight is 299 g/mol. The molecule has 0 saturated heterocycles. The Bertz CT molecular complexity index is 408. The van der Waals surface area contributed by atoms with Crippen molar-refractivity contribution in [2.24, 2.45) is 7.05 Å². The van der Waals surface area contributed by atoms with Crippen LogP contribution in [0.5, 0.6) is 0 Å². The molecule has 1 aromatic heterocycles. The number of hydrogen-bond acceptors (Lipinski definition) is 1. The SMILES string of the molecule is CN(C(=O)c1cc(Br)cn1C)C1CCCCC1. The first kappa shape index (κ1) is 12.7. The third-order valence-corrected chi connectivity index (χ3v) is 4.07. The van der Waals surface area contributed by atoms with Crippen molar-refractivity contribution in [3.63, 3.8) is 0 Å². The molecule has 17 heavy (non-hydrogen) atoms. The van der Waals surface area contributed by atoms with Gasteiger partial charge in [-0.05, 0) is 34.8 Å². The fraction of sp³-hybridized carbons (Fsp3) is 0.615. The van der Waals surface area contributed by atoms with Gasteiger partial charge < -0.3 is 9.47 Å². The minimum Gasteiger partial charge on any atom is -0.345 e. The van der Waals surface area contributed by atoms with E-state index >= 15 is 0 Å². The van der Waals surface area contributed by atoms with Gasteiger partial charge in [0.1, 0.15) is 5.69 Å². The quantitative estimate of drug-likeness (QED) is 0.823. The molecule has 1 fully saturated rings. The zero-order valence-corrected chi connectivity index (χ0v) is 12.0. The molecular formula is C13H19BrN2O. The molecular weight excluding hydrogens is 280 g/mol. The van der Waals surface area contributed by atoms with Crippen molar-refractivity contribution in [2.45, 2.75) is 38.1 Å². The van der Waals surface area contributed by atoms with E-state index in [-0.39, 0.29) is 5.91 Å². The van der Waals surface area contributed by atoms with Crippen molar-refractivity contribution in [3.05, 3.63) is 22.4 Å². The second-order valence-electron chi connectivity index (χ2n) is 4.86. The standard InChI is InChI=1S/C13H19BrN2O/c1-15-9-10(14)8-12(15)13(17)16(2)11-6-4-3-5-7-11/h8-9,11H,3-7H2,1-2H3. The summed E-state index contributed by atoms with van der Waals surface area (Å²) in [6.45, 7) is 0. The summed E-state index contributed by atoms with van der Waals surface area (Å²) < 4.78 is 2.84. The lowest BCUT2D eigenvalue weighted by Crippen LogP contribution is -2.38. The molecule has 1 aromatic rings. The van der Waals surface area contributed by atoms with Crippen molar-refractivity contribution in [2.75, 3.05) is 7.05 Å². The Balaban J connectivity index is 2.11. The molecule has 0 aliphatic heterocycles. The Kier molecular flexibility index (Phi) is 3.92. The first-order valence-corrected chi connectivity index (χ1v) is 6.98. The molecule has 0 N–H and O–H groups in total. The van der Waals surface area contributed by atoms with Crippen LogP contribution in [0.15, 0.2) is 16.7 Å². The average Bonchev–Trinajstić information content (AvgIpc) is 2.68. The van der Waals surface area contributed by atoms with E-state index in [4.69, 9.17) is 0 Å². The number of carbonyl (C=O) groups excluding carboxylic acids is 1. The van der Waals surface area contributed by atoms with Crippen LogP contribution in [0.3, 0.4) is 0 Å². The summed E-state index contributed by atoms with van der Waals surface area (Å²) in [4.78, 5) is 14.3. The summed E-state index contributed by atoms with van der Waals surface area (Å²) in [6, 6.07) is 2.31. The van der Waals surface area contributed by atoms with Gasteiger partial charge in [-0.2, -0.15) is 0 Å². The van der Waals surface area contributed by atoms with Crippen LogP contribution in [-0.4, -0.2) is 28.5 Å². The van der Waals surface area contributed by atoms with Gasteiger partial charge in [0.25, 0.3) is 5.91 Å². The van der Waals surface area contributed by atoms with Crippen LogP contribution in [0.1, 0.15) is 42.6 Å². The number of amides is 1. The molecule has 0 bridgehead atoms. The van der Waals surface area contributed by atoms with E-state index in [0.29, 0.717) is 6.04 Å². The molecule has 2 rings (SSSR count). The number of aryl methyl sites for hydroxylation is 1. The zero-order valence-electron chi connectivity index (χ0n) is 10.4. The summed E-state index contributed by atoms with van der Waals surface area (Å²) in [5, 5.41) is 0. The molecule has 0 radical (unpaired) electrons. The third kappa shape index (κ3) is 2.73. The smallest absolute Gasteiger partial charge is 0.270 e. The maximum atomic E-state index is 12.4. The number of rotatable bonds is 2. The van der Waals surface area contributed by atoms with Crippen LogP contribution >= 0.6 is 15.9 Å². The molecule has 1 amide bonds. The van der Waals surface area contributed by atoms with Crippen molar-refractivity contribution < 1.29 is 4.79 Å².